The summed E-state index contributed by atoms with van der Waals surface area (Å²) >= 11 is 0. The maximum absolute atomic E-state index is 12.7. The van der Waals surface area contributed by atoms with Crippen molar-refractivity contribution in [3.63, 3.8) is 0 Å². The molecule has 0 aliphatic carbocycles. The van der Waals surface area contributed by atoms with Gasteiger partial charge in [0.2, 0.25) is 0 Å². The van der Waals surface area contributed by atoms with Crippen LogP contribution in [0, 0.1) is 19.8 Å². The van der Waals surface area contributed by atoms with E-state index in [2.05, 4.69) is 19.2 Å². The van der Waals surface area contributed by atoms with Gasteiger partial charge in [0.25, 0.3) is 5.91 Å². The Labute approximate surface area is 156 Å². The van der Waals surface area contributed by atoms with Crippen LogP contribution >= 0.6 is 0 Å². The van der Waals surface area contributed by atoms with E-state index in [-0.39, 0.29) is 5.91 Å². The van der Waals surface area contributed by atoms with Gasteiger partial charge in [-0.3, -0.25) is 4.79 Å². The first-order valence-corrected chi connectivity index (χ1v) is 9.13. The molecule has 1 amide bonds. The van der Waals surface area contributed by atoms with Crippen LogP contribution in [0.1, 0.15) is 47.8 Å². The third-order valence-electron chi connectivity index (χ3n) is 4.18. The number of nitrogens with one attached hydrogen (secondary N) is 1. The third kappa shape index (κ3) is 5.33. The molecule has 0 aliphatic heterocycles. The molecule has 0 unspecified atom stereocenters. The van der Waals surface area contributed by atoms with Gasteiger partial charge in [0.05, 0.1) is 13.2 Å². The van der Waals surface area contributed by atoms with Crippen LogP contribution in [0.5, 0.6) is 5.75 Å². The van der Waals surface area contributed by atoms with Crippen molar-refractivity contribution < 1.29 is 14.3 Å². The van der Waals surface area contributed by atoms with Gasteiger partial charge in [0, 0.05) is 23.4 Å². The number of carbonyl (C=O) groups is 1. The molecule has 2 rings (SSSR count). The maximum atomic E-state index is 12.7. The Hall–Kier alpha value is -2.33. The van der Waals surface area contributed by atoms with Crippen molar-refractivity contribution in [2.24, 2.45) is 5.92 Å². The minimum Gasteiger partial charge on any atom is -0.494 e. The highest BCUT2D eigenvalue weighted by atomic mass is 16.5. The van der Waals surface area contributed by atoms with E-state index in [0.717, 1.165) is 28.1 Å². The van der Waals surface area contributed by atoms with Crippen LogP contribution in [0.2, 0.25) is 0 Å². The lowest BCUT2D eigenvalue weighted by Gasteiger charge is -2.14. The van der Waals surface area contributed by atoms with Gasteiger partial charge in [-0.2, -0.15) is 0 Å². The summed E-state index contributed by atoms with van der Waals surface area (Å²) in [7, 11) is 0. The second-order valence-electron chi connectivity index (χ2n) is 6.87. The van der Waals surface area contributed by atoms with Gasteiger partial charge < -0.3 is 14.8 Å². The topological polar surface area (TPSA) is 47.6 Å². The van der Waals surface area contributed by atoms with Crippen LogP contribution < -0.4 is 10.1 Å². The van der Waals surface area contributed by atoms with E-state index in [1.807, 2.05) is 51.1 Å². The molecule has 4 heteroatoms. The predicted molar refractivity (Wildman–Crippen MR) is 106 cm³/mol. The summed E-state index contributed by atoms with van der Waals surface area (Å²) in [6.45, 7) is 11.9. The van der Waals surface area contributed by atoms with Gasteiger partial charge in [-0.05, 0) is 62.1 Å². The molecule has 0 bridgehead atoms. The Bertz CT molecular complexity index is 753. The third-order valence-corrected chi connectivity index (χ3v) is 4.18. The van der Waals surface area contributed by atoms with E-state index in [1.165, 1.54) is 0 Å². The average molecular weight is 355 g/mol. The standard InChI is InChI=1S/C22H29NO3/c1-6-26-21-11-10-18(12-19(21)14-25-13-15(2)3)22(24)23-20-9-7-8-16(4)17(20)5/h7-12,15H,6,13-14H2,1-5H3,(H,23,24). The molecular weight excluding hydrogens is 326 g/mol. The summed E-state index contributed by atoms with van der Waals surface area (Å²) < 4.78 is 11.4. The number of benzene rings is 2. The predicted octanol–water partition coefficient (Wildman–Crippen LogP) is 5.13. The van der Waals surface area contributed by atoms with Gasteiger partial charge in [-0.15, -0.1) is 0 Å². The maximum Gasteiger partial charge on any atom is 0.255 e. The van der Waals surface area contributed by atoms with Crippen LogP contribution in [0.3, 0.4) is 0 Å². The minimum absolute atomic E-state index is 0.133. The molecule has 4 nitrogen and oxygen atoms in total. The second kappa shape index (κ2) is 9.39. The first kappa shape index (κ1) is 20.0. The van der Waals surface area contributed by atoms with Crippen molar-refractivity contribution in [2.75, 3.05) is 18.5 Å². The molecule has 0 aromatic heterocycles. The molecule has 0 radical (unpaired) electrons. The van der Waals surface area contributed by atoms with Crippen LogP contribution in [0.4, 0.5) is 5.69 Å². The van der Waals surface area contributed by atoms with E-state index >= 15 is 0 Å². The molecule has 0 saturated carbocycles. The Morgan fingerprint density at radius 2 is 1.92 bits per heavy atom. The number of aryl methyl sites for hydroxylation is 1. The zero-order valence-corrected chi connectivity index (χ0v) is 16.4. The van der Waals surface area contributed by atoms with Crippen molar-refractivity contribution in [1.29, 1.82) is 0 Å². The second-order valence-corrected chi connectivity index (χ2v) is 6.87. The minimum atomic E-state index is -0.133. The molecule has 140 valence electrons. The van der Waals surface area contributed by atoms with Gasteiger partial charge in [0.15, 0.2) is 0 Å². The van der Waals surface area contributed by atoms with Crippen LogP contribution in [-0.2, 0) is 11.3 Å². The largest absolute Gasteiger partial charge is 0.494 e. The Balaban J connectivity index is 2.19. The van der Waals surface area contributed by atoms with Crippen molar-refractivity contribution in [2.45, 2.75) is 41.2 Å². The zero-order valence-electron chi connectivity index (χ0n) is 16.4. The molecule has 0 fully saturated rings. The first-order chi connectivity index (χ1) is 12.4. The highest BCUT2D eigenvalue weighted by Gasteiger charge is 2.13. The monoisotopic (exact) mass is 355 g/mol. The summed E-state index contributed by atoms with van der Waals surface area (Å²) in [6.07, 6.45) is 0. The normalized spacial score (nSPS) is 10.8. The fraction of sp³-hybridized carbons (Fsp3) is 0.409. The number of hydrogen-bond donors (Lipinski definition) is 1. The lowest BCUT2D eigenvalue weighted by molar-refractivity contribution is 0.0948. The number of carbonyl (C=O) groups excluding carboxylic acids is 1. The highest BCUT2D eigenvalue weighted by molar-refractivity contribution is 6.04. The van der Waals surface area contributed by atoms with Gasteiger partial charge in [0.1, 0.15) is 5.75 Å². The summed E-state index contributed by atoms with van der Waals surface area (Å²) in [5.41, 5.74) is 4.55. The quantitative estimate of drug-likeness (QED) is 0.714. The van der Waals surface area contributed by atoms with Crippen molar-refractivity contribution in [3.05, 3.63) is 58.7 Å². The summed E-state index contributed by atoms with van der Waals surface area (Å²) in [5, 5.41) is 3.00. The summed E-state index contributed by atoms with van der Waals surface area (Å²) in [5.74, 6) is 1.09. The van der Waals surface area contributed by atoms with Gasteiger partial charge in [-0.25, -0.2) is 0 Å². The summed E-state index contributed by atoms with van der Waals surface area (Å²) in [6, 6.07) is 11.4. The number of ether oxygens (including phenoxy) is 2. The van der Waals surface area contributed by atoms with E-state index in [0.29, 0.717) is 31.3 Å². The Kier molecular flexibility index (Phi) is 7.22. The first-order valence-electron chi connectivity index (χ1n) is 9.13. The molecule has 0 aliphatic rings. The molecule has 0 atom stereocenters. The number of anilines is 1. The average Bonchev–Trinajstić information content (AvgIpc) is 2.60. The molecule has 26 heavy (non-hydrogen) atoms. The van der Waals surface area contributed by atoms with Crippen LogP contribution in [0.15, 0.2) is 36.4 Å². The molecule has 0 spiro atoms. The molecule has 2 aromatic rings. The van der Waals surface area contributed by atoms with E-state index in [9.17, 15) is 4.79 Å². The molecule has 0 heterocycles. The molecule has 1 N–H and O–H groups in total. The Morgan fingerprint density at radius 1 is 1.15 bits per heavy atom. The van der Waals surface area contributed by atoms with Crippen LogP contribution in [-0.4, -0.2) is 19.1 Å². The molecule has 0 saturated heterocycles. The van der Waals surface area contributed by atoms with E-state index in [1.54, 1.807) is 6.07 Å². The SMILES string of the molecule is CCOc1ccc(C(=O)Nc2cccc(C)c2C)cc1COCC(C)C. The number of hydrogen-bond acceptors (Lipinski definition) is 3. The lowest BCUT2D eigenvalue weighted by atomic mass is 10.1. The van der Waals surface area contributed by atoms with Crippen molar-refractivity contribution in [1.82, 2.24) is 0 Å². The Morgan fingerprint density at radius 3 is 2.62 bits per heavy atom. The van der Waals surface area contributed by atoms with E-state index < -0.39 is 0 Å². The summed E-state index contributed by atoms with van der Waals surface area (Å²) in [4.78, 5) is 12.7. The van der Waals surface area contributed by atoms with Gasteiger partial charge >= 0.3 is 0 Å². The van der Waals surface area contributed by atoms with E-state index in [4.69, 9.17) is 9.47 Å². The molecular formula is C22H29NO3. The van der Waals surface area contributed by atoms with Crippen LogP contribution in [0.25, 0.3) is 0 Å². The number of rotatable bonds is 8. The zero-order chi connectivity index (χ0) is 19.1. The smallest absolute Gasteiger partial charge is 0.255 e. The van der Waals surface area contributed by atoms with Crippen molar-refractivity contribution in [3.8, 4) is 5.75 Å². The highest BCUT2D eigenvalue weighted by Crippen LogP contribution is 2.23. The van der Waals surface area contributed by atoms with Gasteiger partial charge in [-0.1, -0.05) is 26.0 Å². The lowest BCUT2D eigenvalue weighted by Crippen LogP contribution is -2.14. The fourth-order valence-electron chi connectivity index (χ4n) is 2.62. The fourth-order valence-corrected chi connectivity index (χ4v) is 2.62. The molecule has 2 aromatic carbocycles. The van der Waals surface area contributed by atoms with Crippen molar-refractivity contribution >= 4 is 11.6 Å². The number of amides is 1.